The maximum absolute atomic E-state index is 14.3. The van der Waals surface area contributed by atoms with Crippen LogP contribution in [0.1, 0.15) is 55.9 Å². The highest BCUT2D eigenvalue weighted by Gasteiger charge is 2.34. The Hall–Kier alpha value is -3.07. The fourth-order valence-corrected chi connectivity index (χ4v) is 6.58. The highest BCUT2D eigenvalue weighted by Crippen LogP contribution is 2.29. The van der Waals surface area contributed by atoms with Crippen molar-refractivity contribution in [3.8, 4) is 0 Å². The number of aryl methyl sites for hydroxylation is 3. The Balaban J connectivity index is 2.12. The quantitative estimate of drug-likeness (QED) is 0.237. The predicted octanol–water partition coefficient (Wildman–Crippen LogP) is 6.84. The van der Waals surface area contributed by atoms with Crippen molar-refractivity contribution in [1.29, 1.82) is 0 Å². The minimum absolute atomic E-state index is 0.00737. The smallest absolute Gasteiger partial charge is 0.264 e. The molecule has 0 aliphatic rings. The van der Waals surface area contributed by atoms with Crippen LogP contribution in [0.15, 0.2) is 65.6 Å². The number of halogens is 2. The first-order chi connectivity index (χ1) is 19.8. The molecule has 0 saturated heterocycles. The summed E-state index contributed by atoms with van der Waals surface area (Å²) in [6.45, 7) is 10.7. The van der Waals surface area contributed by atoms with Crippen molar-refractivity contribution in [3.05, 3.63) is 93.0 Å². The Morgan fingerprint density at radius 1 is 0.881 bits per heavy atom. The van der Waals surface area contributed by atoms with Gasteiger partial charge in [-0.15, -0.1) is 0 Å². The van der Waals surface area contributed by atoms with Gasteiger partial charge in [0, 0.05) is 22.6 Å². The zero-order chi connectivity index (χ0) is 31.2. The van der Waals surface area contributed by atoms with Crippen LogP contribution in [0.25, 0.3) is 0 Å². The number of hydrogen-bond donors (Lipinski definition) is 1. The Morgan fingerprint density at radius 3 is 2.10 bits per heavy atom. The molecule has 0 unspecified atom stereocenters. The van der Waals surface area contributed by atoms with Gasteiger partial charge >= 0.3 is 0 Å². The molecule has 0 aliphatic carbocycles. The number of nitrogens with one attached hydrogen (secondary N) is 1. The molecule has 7 nitrogen and oxygen atoms in total. The van der Waals surface area contributed by atoms with Crippen LogP contribution >= 0.6 is 23.2 Å². The summed E-state index contributed by atoms with van der Waals surface area (Å²) >= 11 is 12.6. The van der Waals surface area contributed by atoms with Gasteiger partial charge in [-0.05, 0) is 82.0 Å². The van der Waals surface area contributed by atoms with Crippen molar-refractivity contribution in [1.82, 2.24) is 10.2 Å². The molecule has 2 amide bonds. The fourth-order valence-electron chi connectivity index (χ4n) is 4.63. The van der Waals surface area contributed by atoms with Crippen LogP contribution in [0.2, 0.25) is 10.0 Å². The van der Waals surface area contributed by atoms with E-state index in [4.69, 9.17) is 23.2 Å². The van der Waals surface area contributed by atoms with E-state index in [2.05, 4.69) is 5.32 Å². The van der Waals surface area contributed by atoms with Crippen LogP contribution in [0.4, 0.5) is 5.69 Å². The van der Waals surface area contributed by atoms with Gasteiger partial charge in [-0.2, -0.15) is 0 Å². The number of carbonyl (C=O) groups is 2. The van der Waals surface area contributed by atoms with E-state index in [1.807, 2.05) is 53.7 Å². The number of anilines is 1. The molecule has 1 N–H and O–H groups in total. The number of carbonyl (C=O) groups excluding carboxylic acids is 2. The number of nitrogens with zero attached hydrogens (tertiary/aromatic N) is 2. The van der Waals surface area contributed by atoms with Gasteiger partial charge in [0.1, 0.15) is 12.6 Å². The molecule has 0 radical (unpaired) electrons. The summed E-state index contributed by atoms with van der Waals surface area (Å²) in [6, 6.07) is 15.9. The van der Waals surface area contributed by atoms with Crippen LogP contribution in [0.3, 0.4) is 0 Å². The summed E-state index contributed by atoms with van der Waals surface area (Å²) in [5, 5.41) is 3.75. The van der Waals surface area contributed by atoms with E-state index in [0.717, 1.165) is 15.4 Å². The summed E-state index contributed by atoms with van der Waals surface area (Å²) in [5.41, 5.74) is 3.54. The van der Waals surface area contributed by atoms with E-state index in [9.17, 15) is 18.0 Å². The fraction of sp³-hybridized carbons (Fsp3) is 0.375. The average Bonchev–Trinajstić information content (AvgIpc) is 2.93. The number of hydrogen-bond acceptors (Lipinski definition) is 4. The van der Waals surface area contributed by atoms with Crippen molar-refractivity contribution in [2.75, 3.05) is 10.8 Å². The van der Waals surface area contributed by atoms with Gasteiger partial charge in [-0.1, -0.05) is 78.5 Å². The molecule has 0 aliphatic heterocycles. The van der Waals surface area contributed by atoms with E-state index in [0.29, 0.717) is 39.7 Å². The molecule has 0 aromatic heterocycles. The molecule has 226 valence electrons. The monoisotopic (exact) mass is 631 g/mol. The third-order valence-electron chi connectivity index (χ3n) is 7.25. The molecule has 10 heteroatoms. The number of rotatable bonds is 12. The third-order valence-corrected chi connectivity index (χ3v) is 9.61. The Morgan fingerprint density at radius 2 is 1.52 bits per heavy atom. The summed E-state index contributed by atoms with van der Waals surface area (Å²) in [5.74, 6) is -0.854. The van der Waals surface area contributed by atoms with Gasteiger partial charge in [0.05, 0.1) is 10.6 Å². The lowest BCUT2D eigenvalue weighted by atomic mass is 10.1. The molecule has 3 rings (SSSR count). The third kappa shape index (κ3) is 8.06. The summed E-state index contributed by atoms with van der Waals surface area (Å²) in [6.07, 6.45) is 1.03. The Kier molecular flexibility index (Phi) is 11.5. The Labute approximate surface area is 259 Å². The van der Waals surface area contributed by atoms with Crippen molar-refractivity contribution in [2.45, 2.75) is 77.9 Å². The van der Waals surface area contributed by atoms with Gasteiger partial charge in [0.2, 0.25) is 11.8 Å². The molecule has 3 aromatic carbocycles. The summed E-state index contributed by atoms with van der Waals surface area (Å²) < 4.78 is 29.3. The maximum Gasteiger partial charge on any atom is 0.264 e. The molecule has 0 spiro atoms. The minimum atomic E-state index is -4.16. The van der Waals surface area contributed by atoms with Gasteiger partial charge in [0.25, 0.3) is 10.0 Å². The highest BCUT2D eigenvalue weighted by atomic mass is 35.5. The second-order valence-corrected chi connectivity index (χ2v) is 13.3. The van der Waals surface area contributed by atoms with Crippen molar-refractivity contribution in [2.24, 2.45) is 0 Å². The molecule has 0 fully saturated rings. The number of amides is 2. The van der Waals surface area contributed by atoms with Crippen LogP contribution < -0.4 is 9.62 Å². The topological polar surface area (TPSA) is 86.8 Å². The molecule has 3 aromatic rings. The molecular formula is C32H39Cl2N3O4S. The van der Waals surface area contributed by atoms with E-state index >= 15 is 0 Å². The molecular weight excluding hydrogens is 593 g/mol. The first kappa shape index (κ1) is 33.4. The normalized spacial score (nSPS) is 12.9. The van der Waals surface area contributed by atoms with Crippen LogP contribution in [-0.2, 0) is 26.2 Å². The summed E-state index contributed by atoms with van der Waals surface area (Å²) in [4.78, 5) is 29.2. The van der Waals surface area contributed by atoms with Crippen molar-refractivity contribution in [3.63, 3.8) is 0 Å². The first-order valence-corrected chi connectivity index (χ1v) is 16.2. The largest absolute Gasteiger partial charge is 0.352 e. The van der Waals surface area contributed by atoms with E-state index in [1.54, 1.807) is 36.4 Å². The maximum atomic E-state index is 14.3. The number of benzene rings is 3. The Bertz CT molecular complexity index is 1530. The van der Waals surface area contributed by atoms with Gasteiger partial charge in [-0.25, -0.2) is 8.42 Å². The van der Waals surface area contributed by atoms with Crippen molar-refractivity contribution >= 4 is 50.7 Å². The average molecular weight is 633 g/mol. The van der Waals surface area contributed by atoms with E-state index < -0.39 is 28.5 Å². The zero-order valence-corrected chi connectivity index (χ0v) is 27.3. The van der Waals surface area contributed by atoms with E-state index in [-0.39, 0.29) is 23.4 Å². The lowest BCUT2D eigenvalue weighted by molar-refractivity contribution is -0.140. The lowest BCUT2D eigenvalue weighted by Crippen LogP contribution is -2.53. The molecule has 0 saturated carbocycles. The standard InChI is InChI=1S/C32H39Cl2N3O4S/c1-7-24(6)35-32(39)29(8-2)36(19-25-12-13-26(33)18-28(25)34)31(38)20-37(30-16-11-22(4)17-23(30)5)42(40,41)27-14-9-21(3)10-15-27/h9-18,24,29H,7-8,19-20H2,1-6H3,(H,35,39)/t24-,29+/m0/s1. The molecule has 42 heavy (non-hydrogen) atoms. The zero-order valence-electron chi connectivity index (χ0n) is 24.9. The minimum Gasteiger partial charge on any atom is -0.352 e. The SMILES string of the molecule is CC[C@H](C(=O)N[C@@H](C)CC)N(Cc1ccc(Cl)cc1Cl)C(=O)CN(c1ccc(C)cc1C)S(=O)(=O)c1ccc(C)cc1. The highest BCUT2D eigenvalue weighted by molar-refractivity contribution is 7.92. The van der Waals surface area contributed by atoms with Crippen LogP contribution in [0, 0.1) is 20.8 Å². The second kappa shape index (κ2) is 14.4. The molecule has 2 atom stereocenters. The van der Waals surface area contributed by atoms with E-state index in [1.165, 1.54) is 17.0 Å². The van der Waals surface area contributed by atoms with Crippen LogP contribution in [-0.4, -0.2) is 43.8 Å². The summed E-state index contributed by atoms with van der Waals surface area (Å²) in [7, 11) is -4.16. The first-order valence-electron chi connectivity index (χ1n) is 14.0. The lowest BCUT2D eigenvalue weighted by Gasteiger charge is -2.34. The van der Waals surface area contributed by atoms with Gasteiger partial charge < -0.3 is 10.2 Å². The predicted molar refractivity (Wildman–Crippen MR) is 171 cm³/mol. The number of sulfonamides is 1. The molecule has 0 heterocycles. The van der Waals surface area contributed by atoms with Gasteiger partial charge in [0.15, 0.2) is 0 Å². The van der Waals surface area contributed by atoms with Crippen molar-refractivity contribution < 1.29 is 18.0 Å². The van der Waals surface area contributed by atoms with Crippen LogP contribution in [0.5, 0.6) is 0 Å². The second-order valence-electron chi connectivity index (χ2n) is 10.6. The molecule has 0 bridgehead atoms. The van der Waals surface area contributed by atoms with Gasteiger partial charge in [-0.3, -0.25) is 13.9 Å².